The number of unbranched alkanes of at least 4 members (excludes halogenated alkanes) is 5. The maximum atomic E-state index is 3.66. The molecule has 2 heteroatoms. The van der Waals surface area contributed by atoms with Gasteiger partial charge in [0, 0.05) is 12.6 Å². The third kappa shape index (κ3) is 6.16. The van der Waals surface area contributed by atoms with Crippen LogP contribution in [-0.2, 0) is 0 Å². The molecule has 0 aromatic rings. The quantitative estimate of drug-likeness (QED) is 0.622. The summed E-state index contributed by atoms with van der Waals surface area (Å²) < 4.78 is 0. The Hall–Kier alpha value is -0.0800. The molecule has 1 aliphatic rings. The smallest absolute Gasteiger partial charge is 0.0207 e. The van der Waals surface area contributed by atoms with E-state index in [2.05, 4.69) is 24.2 Å². The van der Waals surface area contributed by atoms with Gasteiger partial charge in [0.1, 0.15) is 0 Å². The maximum absolute atomic E-state index is 3.66. The Morgan fingerprint density at radius 1 is 1.13 bits per heavy atom. The number of likely N-dealkylation sites (N-methyl/N-ethyl adjacent to an activating group) is 1. The lowest BCUT2D eigenvalue weighted by Gasteiger charge is -2.12. The van der Waals surface area contributed by atoms with E-state index in [0.29, 0.717) is 0 Å². The van der Waals surface area contributed by atoms with Gasteiger partial charge in [0.05, 0.1) is 0 Å². The van der Waals surface area contributed by atoms with Crippen molar-refractivity contribution < 1.29 is 0 Å². The highest BCUT2D eigenvalue weighted by Crippen LogP contribution is 2.07. The van der Waals surface area contributed by atoms with Gasteiger partial charge in [-0.15, -0.1) is 0 Å². The molecule has 90 valence electrons. The van der Waals surface area contributed by atoms with E-state index in [-0.39, 0.29) is 0 Å². The van der Waals surface area contributed by atoms with Gasteiger partial charge in [-0.05, 0) is 33.0 Å². The molecule has 1 rings (SSSR count). The first-order valence-electron chi connectivity index (χ1n) is 6.75. The molecule has 15 heavy (non-hydrogen) atoms. The molecule has 0 saturated carbocycles. The van der Waals surface area contributed by atoms with E-state index >= 15 is 0 Å². The molecule has 1 atom stereocenters. The van der Waals surface area contributed by atoms with Crippen LogP contribution in [0, 0.1) is 0 Å². The first-order chi connectivity index (χ1) is 7.33. The van der Waals surface area contributed by atoms with Crippen molar-refractivity contribution in [1.82, 2.24) is 10.2 Å². The summed E-state index contributed by atoms with van der Waals surface area (Å²) in [4.78, 5) is 2.42. The molecule has 0 aromatic carbocycles. The van der Waals surface area contributed by atoms with Crippen LogP contribution in [-0.4, -0.2) is 37.6 Å². The average molecular weight is 212 g/mol. The van der Waals surface area contributed by atoms with Crippen molar-refractivity contribution in [3.05, 3.63) is 0 Å². The van der Waals surface area contributed by atoms with Crippen molar-refractivity contribution in [2.24, 2.45) is 0 Å². The van der Waals surface area contributed by atoms with Crippen molar-refractivity contribution >= 4 is 0 Å². The average Bonchev–Trinajstić information content (AvgIpc) is 2.63. The number of hydrogen-bond donors (Lipinski definition) is 1. The predicted octanol–water partition coefficient (Wildman–Crippen LogP) is 2.64. The SMILES string of the molecule is CCCCCCCCNC1CCN(C)C1. The summed E-state index contributed by atoms with van der Waals surface area (Å²) >= 11 is 0. The second-order valence-electron chi connectivity index (χ2n) is 4.97. The zero-order valence-electron chi connectivity index (χ0n) is 10.6. The van der Waals surface area contributed by atoms with Crippen molar-refractivity contribution in [3.63, 3.8) is 0 Å². The Bertz CT molecular complexity index is 147. The van der Waals surface area contributed by atoms with Crippen LogP contribution < -0.4 is 5.32 Å². The molecule has 1 N–H and O–H groups in total. The van der Waals surface area contributed by atoms with Crippen molar-refractivity contribution in [2.75, 3.05) is 26.7 Å². The van der Waals surface area contributed by atoms with Crippen LogP contribution in [0.1, 0.15) is 51.9 Å². The van der Waals surface area contributed by atoms with Crippen molar-refractivity contribution in [2.45, 2.75) is 57.9 Å². The van der Waals surface area contributed by atoms with Gasteiger partial charge in [-0.2, -0.15) is 0 Å². The van der Waals surface area contributed by atoms with E-state index in [0.717, 1.165) is 6.04 Å². The van der Waals surface area contributed by atoms with Crippen LogP contribution in [0.4, 0.5) is 0 Å². The molecule has 0 bridgehead atoms. The standard InChI is InChI=1S/C13H28N2/c1-3-4-5-6-7-8-10-14-13-9-11-15(2)12-13/h13-14H,3-12H2,1-2H3. The fourth-order valence-electron chi connectivity index (χ4n) is 2.31. The summed E-state index contributed by atoms with van der Waals surface area (Å²) in [6, 6.07) is 0.769. The topological polar surface area (TPSA) is 15.3 Å². The Morgan fingerprint density at radius 3 is 2.53 bits per heavy atom. The highest BCUT2D eigenvalue weighted by molar-refractivity contribution is 4.78. The number of nitrogens with zero attached hydrogens (tertiary/aromatic N) is 1. The second-order valence-corrected chi connectivity index (χ2v) is 4.97. The van der Waals surface area contributed by atoms with Gasteiger partial charge in [-0.1, -0.05) is 39.0 Å². The molecule has 1 unspecified atom stereocenters. The molecule has 0 aromatic heterocycles. The molecule has 1 aliphatic heterocycles. The molecular weight excluding hydrogens is 184 g/mol. The lowest BCUT2D eigenvalue weighted by Crippen LogP contribution is -2.32. The van der Waals surface area contributed by atoms with Crippen LogP contribution in [0.2, 0.25) is 0 Å². The third-order valence-corrected chi connectivity index (χ3v) is 3.35. The fraction of sp³-hybridized carbons (Fsp3) is 1.00. The molecule has 2 nitrogen and oxygen atoms in total. The minimum atomic E-state index is 0.769. The Kier molecular flexibility index (Phi) is 7.03. The first kappa shape index (κ1) is 13.0. The minimum Gasteiger partial charge on any atom is -0.313 e. The van der Waals surface area contributed by atoms with Crippen LogP contribution in [0.25, 0.3) is 0 Å². The summed E-state index contributed by atoms with van der Waals surface area (Å²) in [6.45, 7) is 6.02. The van der Waals surface area contributed by atoms with Gasteiger partial charge < -0.3 is 10.2 Å². The maximum Gasteiger partial charge on any atom is 0.0207 e. The lowest BCUT2D eigenvalue weighted by atomic mass is 10.1. The minimum absolute atomic E-state index is 0.769. The zero-order chi connectivity index (χ0) is 10.9. The molecule has 0 aliphatic carbocycles. The highest BCUT2D eigenvalue weighted by atomic mass is 15.2. The van der Waals surface area contributed by atoms with E-state index in [1.807, 2.05) is 0 Å². The second kappa shape index (κ2) is 8.12. The van der Waals surface area contributed by atoms with E-state index in [1.54, 1.807) is 0 Å². The van der Waals surface area contributed by atoms with Gasteiger partial charge in [-0.25, -0.2) is 0 Å². The molecule has 0 spiro atoms. The molecule has 1 fully saturated rings. The Morgan fingerprint density at radius 2 is 1.87 bits per heavy atom. The van der Waals surface area contributed by atoms with Gasteiger partial charge >= 0.3 is 0 Å². The van der Waals surface area contributed by atoms with E-state index in [1.165, 1.54) is 64.6 Å². The van der Waals surface area contributed by atoms with Gasteiger partial charge in [-0.3, -0.25) is 0 Å². The van der Waals surface area contributed by atoms with Crippen LogP contribution in [0.5, 0.6) is 0 Å². The molecule has 0 radical (unpaired) electrons. The molecule has 0 amide bonds. The van der Waals surface area contributed by atoms with Crippen LogP contribution in [0.15, 0.2) is 0 Å². The molecule has 1 saturated heterocycles. The summed E-state index contributed by atoms with van der Waals surface area (Å²) in [5.74, 6) is 0. The van der Waals surface area contributed by atoms with Gasteiger partial charge in [0.25, 0.3) is 0 Å². The molecule has 1 heterocycles. The van der Waals surface area contributed by atoms with E-state index in [4.69, 9.17) is 0 Å². The highest BCUT2D eigenvalue weighted by Gasteiger charge is 2.17. The largest absolute Gasteiger partial charge is 0.313 e. The number of hydrogen-bond acceptors (Lipinski definition) is 2. The van der Waals surface area contributed by atoms with Crippen LogP contribution in [0.3, 0.4) is 0 Å². The fourth-order valence-corrected chi connectivity index (χ4v) is 2.31. The first-order valence-corrected chi connectivity index (χ1v) is 6.75. The summed E-state index contributed by atoms with van der Waals surface area (Å²) in [5, 5.41) is 3.66. The summed E-state index contributed by atoms with van der Waals surface area (Å²) in [6.07, 6.45) is 9.75. The Balaban J connectivity index is 1.81. The Labute approximate surface area is 95.4 Å². The number of rotatable bonds is 8. The zero-order valence-corrected chi connectivity index (χ0v) is 10.6. The van der Waals surface area contributed by atoms with Crippen molar-refractivity contribution in [1.29, 1.82) is 0 Å². The van der Waals surface area contributed by atoms with Gasteiger partial charge in [0.2, 0.25) is 0 Å². The normalized spacial score (nSPS) is 22.4. The number of nitrogens with one attached hydrogen (secondary N) is 1. The monoisotopic (exact) mass is 212 g/mol. The summed E-state index contributed by atoms with van der Waals surface area (Å²) in [7, 11) is 2.21. The van der Waals surface area contributed by atoms with Gasteiger partial charge in [0.15, 0.2) is 0 Å². The van der Waals surface area contributed by atoms with Crippen molar-refractivity contribution in [3.8, 4) is 0 Å². The van der Waals surface area contributed by atoms with E-state index in [9.17, 15) is 0 Å². The third-order valence-electron chi connectivity index (χ3n) is 3.35. The molecular formula is C13H28N2. The summed E-state index contributed by atoms with van der Waals surface area (Å²) in [5.41, 5.74) is 0. The van der Waals surface area contributed by atoms with Crippen LogP contribution >= 0.6 is 0 Å². The van der Waals surface area contributed by atoms with E-state index < -0.39 is 0 Å². The number of likely N-dealkylation sites (tertiary alicyclic amines) is 1. The lowest BCUT2D eigenvalue weighted by molar-refractivity contribution is 0.396. The predicted molar refractivity (Wildman–Crippen MR) is 67.3 cm³/mol.